The smallest absolute Gasteiger partial charge is 0.384 e. The van der Waals surface area contributed by atoms with Crippen molar-refractivity contribution in [3.63, 3.8) is 0 Å². The summed E-state index contributed by atoms with van der Waals surface area (Å²) in [5, 5.41) is 3.85. The first-order valence-electron chi connectivity index (χ1n) is 3.69. The lowest BCUT2D eigenvalue weighted by molar-refractivity contribution is -0.133. The zero-order valence-electron chi connectivity index (χ0n) is 7.33. The molecule has 0 spiro atoms. The number of hydrogen-bond donors (Lipinski definition) is 0. The van der Waals surface area contributed by atoms with Crippen molar-refractivity contribution in [3.05, 3.63) is 10.6 Å². The Labute approximate surface area is 80.1 Å². The highest BCUT2D eigenvalue weighted by molar-refractivity contribution is 7.06. The fourth-order valence-electron chi connectivity index (χ4n) is 0.694. The number of carbonyl (C=O) groups excluding carboxylic acids is 1. The van der Waals surface area contributed by atoms with E-state index >= 15 is 0 Å². The molecule has 0 aliphatic heterocycles. The first-order valence-corrected chi connectivity index (χ1v) is 4.46. The monoisotopic (exact) mass is 196 g/mol. The number of aryl methyl sites for hydroxylation is 1. The van der Waals surface area contributed by atoms with Crippen LogP contribution in [0.1, 0.15) is 17.5 Å². The van der Waals surface area contributed by atoms with Crippen LogP contribution >= 0.6 is 11.5 Å². The number of rotatable bonds is 1. The number of methoxy groups -OCH3 is 1. The minimum atomic E-state index is -0.546. The van der Waals surface area contributed by atoms with Crippen molar-refractivity contribution in [1.29, 1.82) is 0 Å². The van der Waals surface area contributed by atoms with E-state index in [1.165, 1.54) is 18.6 Å². The number of carbonyl (C=O) groups is 1. The Morgan fingerprint density at radius 1 is 1.69 bits per heavy atom. The predicted octanol–water partition coefficient (Wildman–Crippen LogP) is 0.625. The molecule has 0 amide bonds. The maximum Gasteiger partial charge on any atom is 0.384 e. The molecule has 0 aliphatic rings. The van der Waals surface area contributed by atoms with Crippen LogP contribution in [0.2, 0.25) is 0 Å². The molecule has 1 aromatic rings. The van der Waals surface area contributed by atoms with Crippen molar-refractivity contribution >= 4 is 17.5 Å². The van der Waals surface area contributed by atoms with Crippen LogP contribution in [0.15, 0.2) is 0 Å². The largest absolute Gasteiger partial charge is 0.459 e. The van der Waals surface area contributed by atoms with Gasteiger partial charge in [0.1, 0.15) is 4.88 Å². The zero-order valence-corrected chi connectivity index (χ0v) is 8.14. The molecule has 5 heteroatoms. The van der Waals surface area contributed by atoms with Crippen LogP contribution in [-0.4, -0.2) is 22.7 Å². The van der Waals surface area contributed by atoms with Crippen LogP contribution in [0, 0.1) is 11.8 Å². The third-order valence-electron chi connectivity index (χ3n) is 1.35. The van der Waals surface area contributed by atoms with E-state index in [1.54, 1.807) is 0 Å². The maximum atomic E-state index is 10.7. The molecule has 0 saturated carbocycles. The molecular weight excluding hydrogens is 188 g/mol. The van der Waals surface area contributed by atoms with Crippen molar-refractivity contribution in [2.75, 3.05) is 7.11 Å². The van der Waals surface area contributed by atoms with Crippen molar-refractivity contribution in [2.45, 2.75) is 13.3 Å². The Morgan fingerprint density at radius 2 is 2.46 bits per heavy atom. The summed E-state index contributed by atoms with van der Waals surface area (Å²) in [6.45, 7) is 1.96. The quantitative estimate of drug-likeness (QED) is 0.488. The van der Waals surface area contributed by atoms with Gasteiger partial charge in [0.15, 0.2) is 0 Å². The lowest BCUT2D eigenvalue weighted by Crippen LogP contribution is -1.94. The van der Waals surface area contributed by atoms with E-state index in [2.05, 4.69) is 26.2 Å². The number of aromatic nitrogens is 2. The first kappa shape index (κ1) is 9.68. The summed E-state index contributed by atoms with van der Waals surface area (Å²) in [6, 6.07) is 0. The highest BCUT2D eigenvalue weighted by Gasteiger charge is 2.02. The van der Waals surface area contributed by atoms with Crippen LogP contribution in [0.5, 0.6) is 0 Å². The average Bonchev–Trinajstić information content (AvgIpc) is 2.61. The van der Waals surface area contributed by atoms with Crippen LogP contribution in [-0.2, 0) is 16.0 Å². The molecule has 1 heterocycles. The molecule has 0 aliphatic carbocycles. The van der Waals surface area contributed by atoms with Crippen molar-refractivity contribution in [1.82, 2.24) is 9.59 Å². The van der Waals surface area contributed by atoms with Crippen LogP contribution in [0.3, 0.4) is 0 Å². The van der Waals surface area contributed by atoms with Gasteiger partial charge in [0, 0.05) is 5.92 Å². The zero-order chi connectivity index (χ0) is 9.68. The van der Waals surface area contributed by atoms with Gasteiger partial charge in [-0.3, -0.25) is 0 Å². The van der Waals surface area contributed by atoms with Gasteiger partial charge in [0.05, 0.1) is 12.8 Å². The summed E-state index contributed by atoms with van der Waals surface area (Å²) in [6.07, 6.45) is 0.766. The highest BCUT2D eigenvalue weighted by Crippen LogP contribution is 2.08. The van der Waals surface area contributed by atoms with Gasteiger partial charge in [-0.15, -0.1) is 5.10 Å². The van der Waals surface area contributed by atoms with E-state index in [0.717, 1.165) is 17.0 Å². The van der Waals surface area contributed by atoms with E-state index in [9.17, 15) is 4.79 Å². The summed E-state index contributed by atoms with van der Waals surface area (Å²) in [5.74, 6) is 4.45. The Balaban J connectivity index is 2.82. The minimum Gasteiger partial charge on any atom is -0.459 e. The lowest BCUT2D eigenvalue weighted by atomic mass is 10.3. The number of nitrogens with zero attached hydrogens (tertiary/aromatic N) is 2. The molecule has 0 radical (unpaired) electrons. The summed E-state index contributed by atoms with van der Waals surface area (Å²) >= 11 is 1.18. The number of hydrogen-bond acceptors (Lipinski definition) is 5. The van der Waals surface area contributed by atoms with E-state index in [1.807, 2.05) is 6.92 Å². The predicted molar refractivity (Wildman–Crippen MR) is 48.2 cm³/mol. The second kappa shape index (κ2) is 4.58. The molecule has 68 valence electrons. The van der Waals surface area contributed by atoms with Crippen LogP contribution in [0.4, 0.5) is 0 Å². The van der Waals surface area contributed by atoms with E-state index < -0.39 is 5.97 Å². The Bertz CT molecular complexity index is 362. The van der Waals surface area contributed by atoms with Crippen molar-refractivity contribution in [2.24, 2.45) is 0 Å². The molecule has 1 aromatic heterocycles. The molecule has 4 nitrogen and oxygen atoms in total. The third-order valence-corrected chi connectivity index (χ3v) is 2.04. The standard InChI is InChI=1S/C8H8N2O2S/c1-3-6-7(13-10-9-6)4-5-8(11)12-2/h3H2,1-2H3. The first-order chi connectivity index (χ1) is 6.27. The number of ether oxygens (including phenoxy) is 1. The van der Waals surface area contributed by atoms with Gasteiger partial charge < -0.3 is 4.74 Å². The molecule has 0 atom stereocenters. The summed E-state index contributed by atoms with van der Waals surface area (Å²) in [5.41, 5.74) is 0.821. The summed E-state index contributed by atoms with van der Waals surface area (Å²) in [4.78, 5) is 11.4. The second-order valence-electron chi connectivity index (χ2n) is 2.14. The highest BCUT2D eigenvalue weighted by atomic mass is 32.1. The molecule has 0 unspecified atom stereocenters. The van der Waals surface area contributed by atoms with Crippen LogP contribution < -0.4 is 0 Å². The van der Waals surface area contributed by atoms with Gasteiger partial charge in [-0.25, -0.2) is 4.79 Å². The van der Waals surface area contributed by atoms with Gasteiger partial charge in [0.25, 0.3) is 0 Å². The van der Waals surface area contributed by atoms with Gasteiger partial charge in [-0.05, 0) is 23.9 Å². The second-order valence-corrected chi connectivity index (χ2v) is 2.90. The minimum absolute atomic E-state index is 0.546. The topological polar surface area (TPSA) is 52.1 Å². The van der Waals surface area contributed by atoms with E-state index in [-0.39, 0.29) is 0 Å². The number of esters is 1. The molecule has 0 saturated heterocycles. The third kappa shape index (κ3) is 2.53. The molecule has 0 fully saturated rings. The Hall–Kier alpha value is -1.41. The SMILES string of the molecule is CCc1nnsc1C#CC(=O)OC. The molecule has 0 N–H and O–H groups in total. The molecular formula is C8H8N2O2S. The lowest BCUT2D eigenvalue weighted by Gasteiger charge is -1.86. The molecule has 1 rings (SSSR count). The normalized spacial score (nSPS) is 8.77. The molecule has 13 heavy (non-hydrogen) atoms. The van der Waals surface area contributed by atoms with E-state index in [4.69, 9.17) is 0 Å². The fraction of sp³-hybridized carbons (Fsp3) is 0.375. The summed E-state index contributed by atoms with van der Waals surface area (Å²) in [7, 11) is 1.29. The van der Waals surface area contributed by atoms with Gasteiger partial charge in [-0.2, -0.15) is 0 Å². The van der Waals surface area contributed by atoms with E-state index in [0.29, 0.717) is 0 Å². The van der Waals surface area contributed by atoms with Crippen LogP contribution in [0.25, 0.3) is 0 Å². The van der Waals surface area contributed by atoms with Gasteiger partial charge >= 0.3 is 5.97 Å². The maximum absolute atomic E-state index is 10.7. The molecule has 0 aromatic carbocycles. The van der Waals surface area contributed by atoms with Gasteiger partial charge in [-0.1, -0.05) is 11.4 Å². The Morgan fingerprint density at radius 3 is 3.08 bits per heavy atom. The van der Waals surface area contributed by atoms with Crippen molar-refractivity contribution in [3.8, 4) is 11.8 Å². The average molecular weight is 196 g/mol. The summed E-state index contributed by atoms with van der Waals surface area (Å²) < 4.78 is 8.11. The van der Waals surface area contributed by atoms with Gasteiger partial charge in [0.2, 0.25) is 0 Å². The molecule has 0 bridgehead atoms. The van der Waals surface area contributed by atoms with Crippen molar-refractivity contribution < 1.29 is 9.53 Å². The Kier molecular flexibility index (Phi) is 3.41. The fourth-order valence-corrected chi connectivity index (χ4v) is 1.30.